The third-order valence-corrected chi connectivity index (χ3v) is 3.04. The normalized spacial score (nSPS) is 10.1. The van der Waals surface area contributed by atoms with Gasteiger partial charge in [0.05, 0.1) is 0 Å². The lowest BCUT2D eigenvalue weighted by molar-refractivity contribution is 0.0469. The van der Waals surface area contributed by atoms with E-state index in [1.165, 1.54) is 0 Å². The molecule has 0 saturated carbocycles. The second-order valence-corrected chi connectivity index (χ2v) is 4.84. The Hall–Kier alpha value is -1.63. The van der Waals surface area contributed by atoms with Gasteiger partial charge in [0.1, 0.15) is 5.69 Å². The fourth-order valence-electron chi connectivity index (χ4n) is 1.39. The van der Waals surface area contributed by atoms with Crippen molar-refractivity contribution in [1.29, 1.82) is 0 Å². The number of ketones is 1. The van der Waals surface area contributed by atoms with E-state index in [4.69, 9.17) is 4.74 Å². The van der Waals surface area contributed by atoms with Crippen molar-refractivity contribution in [2.75, 3.05) is 6.61 Å². The number of aromatic nitrogens is 1. The Balaban J connectivity index is 1.92. The summed E-state index contributed by atoms with van der Waals surface area (Å²) >= 11 is 2.16. The molecule has 0 spiro atoms. The summed E-state index contributed by atoms with van der Waals surface area (Å²) in [4.78, 5) is 25.9. The number of hydrogen-bond acceptors (Lipinski definition) is 3. The van der Waals surface area contributed by atoms with Gasteiger partial charge in [-0.05, 0) is 46.9 Å². The van der Waals surface area contributed by atoms with Crippen molar-refractivity contribution in [3.8, 4) is 0 Å². The average Bonchev–Trinajstić information content (AvgIpc) is 2.90. The van der Waals surface area contributed by atoms with Crippen LogP contribution in [0.5, 0.6) is 0 Å². The monoisotopic (exact) mass is 355 g/mol. The van der Waals surface area contributed by atoms with E-state index in [0.29, 0.717) is 11.3 Å². The van der Waals surface area contributed by atoms with Gasteiger partial charge in [-0.15, -0.1) is 0 Å². The number of carbonyl (C=O) groups excluding carboxylic acids is 2. The largest absolute Gasteiger partial charge is 0.453 e. The molecule has 1 heterocycles. The van der Waals surface area contributed by atoms with Gasteiger partial charge in [-0.25, -0.2) is 4.79 Å². The Bertz CT molecular complexity index is 546. The van der Waals surface area contributed by atoms with Crippen molar-refractivity contribution in [2.45, 2.75) is 0 Å². The molecule has 5 heteroatoms. The molecule has 1 aromatic carbocycles. The predicted octanol–water partition coefficient (Wildman–Crippen LogP) is 2.66. The summed E-state index contributed by atoms with van der Waals surface area (Å²) in [7, 11) is 0. The van der Waals surface area contributed by atoms with Crippen molar-refractivity contribution < 1.29 is 14.3 Å². The van der Waals surface area contributed by atoms with E-state index in [1.54, 1.807) is 30.5 Å². The maximum absolute atomic E-state index is 11.7. The van der Waals surface area contributed by atoms with Gasteiger partial charge in [-0.1, -0.05) is 12.1 Å². The summed E-state index contributed by atoms with van der Waals surface area (Å²) < 4.78 is 5.96. The first-order valence-electron chi connectivity index (χ1n) is 5.26. The molecule has 0 fully saturated rings. The van der Waals surface area contributed by atoms with Gasteiger partial charge in [-0.3, -0.25) is 4.79 Å². The van der Waals surface area contributed by atoms with Crippen molar-refractivity contribution in [3.63, 3.8) is 0 Å². The second kappa shape index (κ2) is 5.81. The zero-order valence-corrected chi connectivity index (χ0v) is 11.5. The minimum atomic E-state index is -0.529. The Morgan fingerprint density at radius 3 is 2.50 bits per heavy atom. The molecular formula is C13H10INO3. The molecule has 0 unspecified atom stereocenters. The molecule has 0 amide bonds. The Labute approximate surface area is 117 Å². The van der Waals surface area contributed by atoms with Crippen molar-refractivity contribution in [2.24, 2.45) is 0 Å². The predicted molar refractivity (Wildman–Crippen MR) is 74.6 cm³/mol. The van der Waals surface area contributed by atoms with Gasteiger partial charge < -0.3 is 9.72 Å². The number of Topliss-reactive ketones (excluding diaryl/α,β-unsaturated/α-hetero) is 1. The summed E-state index contributed by atoms with van der Waals surface area (Å²) in [6, 6.07) is 10.4. The van der Waals surface area contributed by atoms with E-state index in [-0.39, 0.29) is 12.4 Å². The molecule has 1 N–H and O–H groups in total. The Morgan fingerprint density at radius 2 is 1.89 bits per heavy atom. The highest BCUT2D eigenvalue weighted by Gasteiger charge is 2.11. The van der Waals surface area contributed by atoms with Crippen LogP contribution in [-0.4, -0.2) is 23.3 Å². The van der Waals surface area contributed by atoms with Crippen LogP contribution in [0.1, 0.15) is 20.8 Å². The smallest absolute Gasteiger partial charge is 0.355 e. The van der Waals surface area contributed by atoms with Crippen LogP contribution < -0.4 is 0 Å². The number of hydrogen-bond donors (Lipinski definition) is 1. The van der Waals surface area contributed by atoms with E-state index < -0.39 is 5.97 Å². The van der Waals surface area contributed by atoms with Gasteiger partial charge in [-0.2, -0.15) is 0 Å². The van der Waals surface area contributed by atoms with Crippen molar-refractivity contribution in [1.82, 2.24) is 4.98 Å². The lowest BCUT2D eigenvalue weighted by Gasteiger charge is -2.03. The van der Waals surface area contributed by atoms with Crippen LogP contribution in [0.15, 0.2) is 42.6 Å². The molecule has 0 aliphatic carbocycles. The molecule has 92 valence electrons. The van der Waals surface area contributed by atoms with Gasteiger partial charge in [0, 0.05) is 15.3 Å². The Kier molecular flexibility index (Phi) is 4.14. The molecule has 0 aliphatic rings. The molecule has 2 aromatic rings. The highest BCUT2D eigenvalue weighted by atomic mass is 127. The molecular weight excluding hydrogens is 345 g/mol. The van der Waals surface area contributed by atoms with E-state index in [2.05, 4.69) is 27.6 Å². The van der Waals surface area contributed by atoms with E-state index in [9.17, 15) is 9.59 Å². The number of aromatic amines is 1. The lowest BCUT2D eigenvalue weighted by atomic mass is 10.1. The summed E-state index contributed by atoms with van der Waals surface area (Å²) in [6.45, 7) is -0.252. The maximum Gasteiger partial charge on any atom is 0.355 e. The number of halogens is 1. The number of rotatable bonds is 4. The van der Waals surface area contributed by atoms with Gasteiger partial charge in [0.25, 0.3) is 0 Å². The van der Waals surface area contributed by atoms with Crippen LogP contribution in [0.4, 0.5) is 0 Å². The van der Waals surface area contributed by atoms with Crippen LogP contribution >= 0.6 is 22.6 Å². The van der Waals surface area contributed by atoms with E-state index in [1.807, 2.05) is 12.1 Å². The molecule has 18 heavy (non-hydrogen) atoms. The summed E-state index contributed by atoms with van der Waals surface area (Å²) in [6.07, 6.45) is 1.62. The number of esters is 1. The summed E-state index contributed by atoms with van der Waals surface area (Å²) in [5, 5.41) is 0. The minimum absolute atomic E-state index is 0.216. The van der Waals surface area contributed by atoms with Crippen LogP contribution in [0.25, 0.3) is 0 Å². The van der Waals surface area contributed by atoms with E-state index >= 15 is 0 Å². The zero-order chi connectivity index (χ0) is 13.0. The van der Waals surface area contributed by atoms with E-state index in [0.717, 1.165) is 3.57 Å². The average molecular weight is 355 g/mol. The Morgan fingerprint density at radius 1 is 1.17 bits per heavy atom. The highest BCUT2D eigenvalue weighted by molar-refractivity contribution is 14.1. The molecule has 2 rings (SSSR count). The third-order valence-electron chi connectivity index (χ3n) is 2.32. The molecule has 0 radical (unpaired) electrons. The van der Waals surface area contributed by atoms with Gasteiger partial charge >= 0.3 is 5.97 Å². The summed E-state index contributed by atoms with van der Waals surface area (Å²) in [5.41, 5.74) is 0.875. The van der Waals surface area contributed by atoms with Crippen molar-refractivity contribution >= 4 is 34.3 Å². The molecule has 0 saturated heterocycles. The molecule has 4 nitrogen and oxygen atoms in total. The fourth-order valence-corrected chi connectivity index (χ4v) is 1.74. The lowest BCUT2D eigenvalue weighted by Crippen LogP contribution is -2.14. The molecule has 1 aromatic heterocycles. The fraction of sp³-hybridized carbons (Fsp3) is 0.0769. The number of nitrogens with one attached hydrogen (secondary N) is 1. The molecule has 0 atom stereocenters. The van der Waals surface area contributed by atoms with Crippen molar-refractivity contribution in [3.05, 3.63) is 57.4 Å². The third kappa shape index (κ3) is 3.19. The first kappa shape index (κ1) is 12.8. The quantitative estimate of drug-likeness (QED) is 0.521. The zero-order valence-electron chi connectivity index (χ0n) is 9.35. The highest BCUT2D eigenvalue weighted by Crippen LogP contribution is 2.08. The number of ether oxygens (including phenoxy) is 1. The van der Waals surface area contributed by atoms with Gasteiger partial charge in [0.2, 0.25) is 0 Å². The van der Waals surface area contributed by atoms with Gasteiger partial charge in [0.15, 0.2) is 12.4 Å². The first-order chi connectivity index (χ1) is 8.66. The van der Waals surface area contributed by atoms with Crippen LogP contribution in [-0.2, 0) is 4.74 Å². The van der Waals surface area contributed by atoms with Crippen LogP contribution in [0, 0.1) is 3.57 Å². The number of benzene rings is 1. The topological polar surface area (TPSA) is 59.2 Å². The maximum atomic E-state index is 11.7. The number of H-pyrrole nitrogens is 1. The minimum Gasteiger partial charge on any atom is -0.453 e. The molecule has 0 aliphatic heterocycles. The van der Waals surface area contributed by atoms with Crippen LogP contribution in [0.3, 0.4) is 0 Å². The standard InChI is InChI=1S/C13H10INO3/c14-10-5-3-9(4-6-10)12(16)8-18-13(17)11-2-1-7-15-11/h1-7,15H,8H2. The molecule has 0 bridgehead atoms. The first-order valence-corrected chi connectivity index (χ1v) is 6.34. The van der Waals surface area contributed by atoms with Crippen LogP contribution in [0.2, 0.25) is 0 Å². The number of carbonyl (C=O) groups is 2. The second-order valence-electron chi connectivity index (χ2n) is 3.59. The summed E-state index contributed by atoms with van der Waals surface area (Å²) in [5.74, 6) is -0.745. The SMILES string of the molecule is O=C(COC(=O)c1ccc[nH]1)c1ccc(I)cc1.